The Kier molecular flexibility index (Phi) is 4.01. The molecule has 1 aliphatic rings. The SMILES string of the molecule is CC(C)(CN)N1CCN(c2ncc(F)cc2F)CC1. The van der Waals surface area contributed by atoms with Crippen molar-refractivity contribution in [3.63, 3.8) is 0 Å². The quantitative estimate of drug-likeness (QED) is 0.897. The summed E-state index contributed by atoms with van der Waals surface area (Å²) in [6, 6.07) is 0.874. The number of hydrogen-bond donors (Lipinski definition) is 1. The molecule has 2 heterocycles. The van der Waals surface area contributed by atoms with Gasteiger partial charge in [-0.25, -0.2) is 13.8 Å². The molecule has 1 saturated heterocycles. The minimum absolute atomic E-state index is 0.0547. The van der Waals surface area contributed by atoms with Gasteiger partial charge in [-0.3, -0.25) is 4.90 Å². The molecule has 0 aliphatic carbocycles. The van der Waals surface area contributed by atoms with Crippen molar-refractivity contribution in [2.75, 3.05) is 37.6 Å². The third-order valence-electron chi connectivity index (χ3n) is 3.72. The van der Waals surface area contributed by atoms with E-state index < -0.39 is 11.6 Å². The van der Waals surface area contributed by atoms with Gasteiger partial charge in [0, 0.05) is 44.3 Å². The molecule has 0 saturated carbocycles. The zero-order valence-electron chi connectivity index (χ0n) is 11.4. The largest absolute Gasteiger partial charge is 0.352 e. The molecular weight excluding hydrogens is 250 g/mol. The summed E-state index contributed by atoms with van der Waals surface area (Å²) in [6.45, 7) is 7.69. The minimum atomic E-state index is -0.649. The van der Waals surface area contributed by atoms with Gasteiger partial charge in [0.25, 0.3) is 0 Å². The fourth-order valence-corrected chi connectivity index (χ4v) is 2.29. The normalized spacial score (nSPS) is 17.8. The van der Waals surface area contributed by atoms with Crippen LogP contribution in [-0.4, -0.2) is 48.1 Å². The van der Waals surface area contributed by atoms with E-state index in [4.69, 9.17) is 5.73 Å². The Morgan fingerprint density at radius 1 is 1.26 bits per heavy atom. The van der Waals surface area contributed by atoms with E-state index in [-0.39, 0.29) is 11.4 Å². The van der Waals surface area contributed by atoms with Gasteiger partial charge in [-0.1, -0.05) is 0 Å². The van der Waals surface area contributed by atoms with Gasteiger partial charge in [-0.05, 0) is 13.8 Å². The maximum Gasteiger partial charge on any atom is 0.168 e. The molecule has 0 radical (unpaired) electrons. The number of piperazine rings is 1. The summed E-state index contributed by atoms with van der Waals surface area (Å²) in [5.74, 6) is -1.03. The van der Waals surface area contributed by atoms with Crippen LogP contribution in [0.25, 0.3) is 0 Å². The standard InChI is InChI=1S/C13H20F2N4/c1-13(2,9-16)19-5-3-18(4-6-19)12-11(15)7-10(14)8-17-12/h7-8H,3-6,9,16H2,1-2H3. The number of anilines is 1. The van der Waals surface area contributed by atoms with Crippen molar-refractivity contribution in [1.82, 2.24) is 9.88 Å². The zero-order valence-corrected chi connectivity index (χ0v) is 11.4. The Hall–Kier alpha value is -1.27. The van der Waals surface area contributed by atoms with E-state index in [2.05, 4.69) is 23.7 Å². The van der Waals surface area contributed by atoms with Gasteiger partial charge < -0.3 is 10.6 Å². The Labute approximate surface area is 112 Å². The molecule has 19 heavy (non-hydrogen) atoms. The lowest BCUT2D eigenvalue weighted by Crippen LogP contribution is -2.57. The summed E-state index contributed by atoms with van der Waals surface area (Å²) in [5, 5.41) is 0. The molecule has 4 nitrogen and oxygen atoms in total. The number of aromatic nitrogens is 1. The van der Waals surface area contributed by atoms with Crippen molar-refractivity contribution < 1.29 is 8.78 Å². The molecule has 2 rings (SSSR count). The molecule has 0 bridgehead atoms. The topological polar surface area (TPSA) is 45.4 Å². The molecule has 1 aromatic rings. The van der Waals surface area contributed by atoms with Crippen LogP contribution in [0.2, 0.25) is 0 Å². The zero-order chi connectivity index (χ0) is 14.0. The highest BCUT2D eigenvalue weighted by molar-refractivity contribution is 5.40. The van der Waals surface area contributed by atoms with Crippen molar-refractivity contribution in [1.29, 1.82) is 0 Å². The molecule has 1 aliphatic heterocycles. The van der Waals surface area contributed by atoms with E-state index in [9.17, 15) is 8.78 Å². The second-order valence-electron chi connectivity index (χ2n) is 5.45. The van der Waals surface area contributed by atoms with E-state index in [1.807, 2.05) is 4.90 Å². The van der Waals surface area contributed by atoms with Crippen LogP contribution in [0.3, 0.4) is 0 Å². The van der Waals surface area contributed by atoms with E-state index in [1.54, 1.807) is 0 Å². The fraction of sp³-hybridized carbons (Fsp3) is 0.615. The number of nitrogens with zero attached hydrogens (tertiary/aromatic N) is 3. The van der Waals surface area contributed by atoms with Crippen molar-refractivity contribution in [2.45, 2.75) is 19.4 Å². The Balaban J connectivity index is 2.04. The van der Waals surface area contributed by atoms with Gasteiger partial charge in [0.15, 0.2) is 11.6 Å². The van der Waals surface area contributed by atoms with E-state index in [1.165, 1.54) is 0 Å². The van der Waals surface area contributed by atoms with E-state index >= 15 is 0 Å². The first-order chi connectivity index (χ1) is 8.94. The van der Waals surface area contributed by atoms with E-state index in [0.717, 1.165) is 25.4 Å². The second kappa shape index (κ2) is 5.38. The average molecular weight is 270 g/mol. The predicted molar refractivity (Wildman–Crippen MR) is 71.1 cm³/mol. The van der Waals surface area contributed by atoms with Gasteiger partial charge in [0.05, 0.1) is 6.20 Å². The molecule has 0 spiro atoms. The first kappa shape index (κ1) is 14.1. The maximum atomic E-state index is 13.7. The van der Waals surface area contributed by atoms with Crippen LogP contribution >= 0.6 is 0 Å². The monoisotopic (exact) mass is 270 g/mol. The lowest BCUT2D eigenvalue weighted by molar-refractivity contribution is 0.118. The van der Waals surface area contributed by atoms with Crippen molar-refractivity contribution in [3.05, 3.63) is 23.9 Å². The summed E-state index contributed by atoms with van der Waals surface area (Å²) in [5.41, 5.74) is 5.70. The Morgan fingerprint density at radius 2 is 1.89 bits per heavy atom. The van der Waals surface area contributed by atoms with Crippen molar-refractivity contribution >= 4 is 5.82 Å². The van der Waals surface area contributed by atoms with Crippen LogP contribution in [0, 0.1) is 11.6 Å². The first-order valence-corrected chi connectivity index (χ1v) is 6.45. The molecular formula is C13H20F2N4. The predicted octanol–water partition coefficient (Wildman–Crippen LogP) is 1.22. The Bertz CT molecular complexity index is 442. The van der Waals surface area contributed by atoms with Crippen LogP contribution in [0.5, 0.6) is 0 Å². The Morgan fingerprint density at radius 3 is 2.42 bits per heavy atom. The lowest BCUT2D eigenvalue weighted by Gasteiger charge is -2.43. The number of pyridine rings is 1. The molecule has 0 aromatic carbocycles. The smallest absolute Gasteiger partial charge is 0.168 e. The summed E-state index contributed by atoms with van der Waals surface area (Å²) < 4.78 is 26.5. The molecule has 2 N–H and O–H groups in total. The summed E-state index contributed by atoms with van der Waals surface area (Å²) in [7, 11) is 0. The molecule has 1 aromatic heterocycles. The van der Waals surface area contributed by atoms with Gasteiger partial charge in [0.2, 0.25) is 0 Å². The van der Waals surface area contributed by atoms with Crippen molar-refractivity contribution in [3.8, 4) is 0 Å². The number of hydrogen-bond acceptors (Lipinski definition) is 4. The summed E-state index contributed by atoms with van der Waals surface area (Å²) in [4.78, 5) is 7.97. The third-order valence-corrected chi connectivity index (χ3v) is 3.72. The van der Waals surface area contributed by atoms with Gasteiger partial charge in [-0.2, -0.15) is 0 Å². The molecule has 0 unspecified atom stereocenters. The van der Waals surface area contributed by atoms with Gasteiger partial charge >= 0.3 is 0 Å². The molecule has 1 fully saturated rings. The highest BCUT2D eigenvalue weighted by Crippen LogP contribution is 2.21. The van der Waals surface area contributed by atoms with Crippen LogP contribution in [0.15, 0.2) is 12.3 Å². The number of halogens is 2. The second-order valence-corrected chi connectivity index (χ2v) is 5.45. The van der Waals surface area contributed by atoms with Crippen LogP contribution in [0.1, 0.15) is 13.8 Å². The highest BCUT2D eigenvalue weighted by Gasteiger charge is 2.29. The summed E-state index contributed by atoms with van der Waals surface area (Å²) >= 11 is 0. The molecule has 106 valence electrons. The van der Waals surface area contributed by atoms with Gasteiger partial charge in [0.1, 0.15) is 5.82 Å². The highest BCUT2D eigenvalue weighted by atomic mass is 19.1. The van der Waals surface area contributed by atoms with Gasteiger partial charge in [-0.15, -0.1) is 0 Å². The van der Waals surface area contributed by atoms with E-state index in [0.29, 0.717) is 19.6 Å². The van der Waals surface area contributed by atoms with Crippen LogP contribution in [-0.2, 0) is 0 Å². The minimum Gasteiger partial charge on any atom is -0.352 e. The third kappa shape index (κ3) is 3.01. The molecule has 6 heteroatoms. The first-order valence-electron chi connectivity index (χ1n) is 6.45. The van der Waals surface area contributed by atoms with Crippen LogP contribution in [0.4, 0.5) is 14.6 Å². The van der Waals surface area contributed by atoms with Crippen molar-refractivity contribution in [2.24, 2.45) is 5.73 Å². The average Bonchev–Trinajstić information content (AvgIpc) is 2.39. The van der Waals surface area contributed by atoms with Crippen LogP contribution < -0.4 is 10.6 Å². The maximum absolute atomic E-state index is 13.7. The number of rotatable bonds is 3. The number of nitrogens with two attached hydrogens (primary N) is 1. The molecule has 0 amide bonds. The summed E-state index contributed by atoms with van der Waals surface area (Å²) in [6.07, 6.45) is 1.05. The fourth-order valence-electron chi connectivity index (χ4n) is 2.29. The lowest BCUT2D eigenvalue weighted by atomic mass is 10.0. The molecule has 0 atom stereocenters.